The molecule has 0 aliphatic carbocycles. The third kappa shape index (κ3) is 3.61. The number of hydrogen-bond donors (Lipinski definition) is 1. The average Bonchev–Trinajstić information content (AvgIpc) is 3.35. The SMILES string of the molecule is CC1=C[C@@H]2N(c3ccc(C)cc31)[C@H](C(=O)C(C)(C)C)[C@H](C(=O)c1ccc(Br)cc1)[C@@]21C(=O)Nc2ccccc21. The summed E-state index contributed by atoms with van der Waals surface area (Å²) in [6.45, 7) is 9.76. The Morgan fingerprint density at radius 2 is 1.67 bits per heavy atom. The van der Waals surface area contributed by atoms with Gasteiger partial charge in [0.05, 0.1) is 12.0 Å². The fraction of sp³-hybridized carbons (Fsp3) is 0.303. The Bertz CT molecular complexity index is 1580. The van der Waals surface area contributed by atoms with Crippen LogP contribution in [0.25, 0.3) is 5.57 Å². The number of aryl methyl sites for hydroxylation is 1. The summed E-state index contributed by atoms with van der Waals surface area (Å²) in [5.41, 5.74) is 3.97. The van der Waals surface area contributed by atoms with Gasteiger partial charge in [-0.05, 0) is 55.3 Å². The van der Waals surface area contributed by atoms with Gasteiger partial charge in [0.15, 0.2) is 11.6 Å². The van der Waals surface area contributed by atoms with Crippen molar-refractivity contribution in [1.29, 1.82) is 0 Å². The molecule has 1 amide bonds. The Morgan fingerprint density at radius 1 is 0.974 bits per heavy atom. The van der Waals surface area contributed by atoms with E-state index < -0.39 is 28.8 Å². The molecule has 3 aliphatic rings. The minimum absolute atomic E-state index is 0.0588. The number of rotatable bonds is 3. The van der Waals surface area contributed by atoms with Crippen molar-refractivity contribution in [3.63, 3.8) is 0 Å². The summed E-state index contributed by atoms with van der Waals surface area (Å²) in [5, 5.41) is 3.09. The van der Waals surface area contributed by atoms with Crippen LogP contribution in [0.2, 0.25) is 0 Å². The second-order valence-corrected chi connectivity index (χ2v) is 12.9. The van der Waals surface area contributed by atoms with Crippen molar-refractivity contribution in [3.8, 4) is 0 Å². The highest BCUT2D eigenvalue weighted by Crippen LogP contribution is 2.59. The molecule has 39 heavy (non-hydrogen) atoms. The number of carbonyl (C=O) groups excluding carboxylic acids is 3. The van der Waals surface area contributed by atoms with Gasteiger partial charge in [-0.3, -0.25) is 14.4 Å². The highest BCUT2D eigenvalue weighted by Gasteiger charge is 2.71. The van der Waals surface area contributed by atoms with E-state index in [1.807, 2.05) is 83.1 Å². The topological polar surface area (TPSA) is 66.5 Å². The van der Waals surface area contributed by atoms with Crippen LogP contribution in [0.5, 0.6) is 0 Å². The van der Waals surface area contributed by atoms with Crippen LogP contribution in [0.3, 0.4) is 0 Å². The lowest BCUT2D eigenvalue weighted by atomic mass is 9.63. The quantitative estimate of drug-likeness (QED) is 0.347. The van der Waals surface area contributed by atoms with Gasteiger partial charge in [-0.15, -0.1) is 0 Å². The van der Waals surface area contributed by atoms with Gasteiger partial charge in [-0.25, -0.2) is 0 Å². The van der Waals surface area contributed by atoms with Gasteiger partial charge in [0.25, 0.3) is 0 Å². The summed E-state index contributed by atoms with van der Waals surface area (Å²) in [6.07, 6.45) is 2.10. The number of nitrogens with zero attached hydrogens (tertiary/aromatic N) is 1. The van der Waals surface area contributed by atoms with E-state index in [2.05, 4.69) is 38.3 Å². The van der Waals surface area contributed by atoms with E-state index in [9.17, 15) is 14.4 Å². The van der Waals surface area contributed by atoms with Gasteiger partial charge < -0.3 is 10.2 Å². The smallest absolute Gasteiger partial charge is 0.238 e. The van der Waals surface area contributed by atoms with Crippen molar-refractivity contribution in [3.05, 3.63) is 99.5 Å². The fourth-order valence-electron chi connectivity index (χ4n) is 6.78. The Morgan fingerprint density at radius 3 is 2.36 bits per heavy atom. The molecule has 1 fully saturated rings. The van der Waals surface area contributed by atoms with Crippen LogP contribution in [-0.2, 0) is 15.0 Å². The van der Waals surface area contributed by atoms with Gasteiger partial charge in [0.1, 0.15) is 11.5 Å². The molecule has 3 heterocycles. The largest absolute Gasteiger partial charge is 0.352 e. The molecule has 0 bridgehead atoms. The Hall–Kier alpha value is -3.51. The van der Waals surface area contributed by atoms with Crippen LogP contribution in [0.4, 0.5) is 11.4 Å². The summed E-state index contributed by atoms with van der Waals surface area (Å²) >= 11 is 3.46. The maximum absolute atomic E-state index is 14.7. The molecule has 6 rings (SSSR count). The molecule has 3 aromatic carbocycles. The van der Waals surface area contributed by atoms with Crippen LogP contribution in [-0.4, -0.2) is 29.6 Å². The number of carbonyl (C=O) groups is 3. The molecule has 1 N–H and O–H groups in total. The van der Waals surface area contributed by atoms with Gasteiger partial charge in [-0.1, -0.05) is 84.7 Å². The van der Waals surface area contributed by atoms with E-state index in [0.717, 1.165) is 32.4 Å². The van der Waals surface area contributed by atoms with Crippen molar-refractivity contribution in [1.82, 2.24) is 0 Å². The first kappa shape index (κ1) is 25.8. The minimum Gasteiger partial charge on any atom is -0.352 e. The van der Waals surface area contributed by atoms with Crippen LogP contribution in [0.15, 0.2) is 77.3 Å². The zero-order valence-corrected chi connectivity index (χ0v) is 24.3. The van der Waals surface area contributed by atoms with Crippen LogP contribution in [0, 0.1) is 18.3 Å². The number of para-hydroxylation sites is 1. The third-order valence-corrected chi connectivity index (χ3v) is 9.08. The second-order valence-electron chi connectivity index (χ2n) is 12.0. The summed E-state index contributed by atoms with van der Waals surface area (Å²) in [6, 6.07) is 19.6. The lowest BCUT2D eigenvalue weighted by Crippen LogP contribution is -2.51. The van der Waals surface area contributed by atoms with Gasteiger partial charge in [-0.2, -0.15) is 0 Å². The van der Waals surface area contributed by atoms with E-state index >= 15 is 0 Å². The normalized spacial score (nSPS) is 25.1. The van der Waals surface area contributed by atoms with Crippen LogP contribution < -0.4 is 10.2 Å². The average molecular weight is 584 g/mol. The lowest BCUT2D eigenvalue weighted by molar-refractivity contribution is -0.128. The number of Topliss-reactive ketones (excluding diaryl/α,β-unsaturated/α-hetero) is 2. The molecule has 0 saturated carbocycles. The molecule has 3 aliphatic heterocycles. The summed E-state index contributed by atoms with van der Waals surface area (Å²) in [7, 11) is 0. The number of amides is 1. The molecule has 0 aromatic heterocycles. The number of fused-ring (bicyclic) bond motifs is 6. The zero-order valence-electron chi connectivity index (χ0n) is 22.7. The van der Waals surface area contributed by atoms with Crippen LogP contribution >= 0.6 is 15.9 Å². The zero-order chi connectivity index (χ0) is 27.9. The molecule has 1 saturated heterocycles. The van der Waals surface area contributed by atoms with E-state index in [1.54, 1.807) is 12.1 Å². The predicted molar refractivity (Wildman–Crippen MR) is 158 cm³/mol. The van der Waals surface area contributed by atoms with Crippen molar-refractivity contribution in [2.45, 2.75) is 52.1 Å². The standard InChI is InChI=1S/C33H31BrN2O3/c1-18-10-15-25-22(16-18)19(2)17-26-33(23-8-6-7-9-24(23)35-31(33)39)27(28(36(25)26)30(38)32(3,4)5)29(37)20-11-13-21(34)14-12-20/h6-17,26-28H,1-5H3,(H,35,39)/t26-,27+,28-,33-/m0/s1. The van der Waals surface area contributed by atoms with E-state index in [1.165, 1.54) is 0 Å². The Labute approximate surface area is 237 Å². The monoisotopic (exact) mass is 582 g/mol. The number of nitrogens with one attached hydrogen (secondary N) is 1. The van der Waals surface area contributed by atoms with Crippen molar-refractivity contribution >= 4 is 50.4 Å². The summed E-state index contributed by atoms with van der Waals surface area (Å²) < 4.78 is 0.853. The highest BCUT2D eigenvalue weighted by molar-refractivity contribution is 9.10. The maximum atomic E-state index is 14.7. The molecule has 198 valence electrons. The fourth-order valence-corrected chi connectivity index (χ4v) is 7.05. The maximum Gasteiger partial charge on any atom is 0.238 e. The molecular formula is C33H31BrN2O3. The molecule has 4 atom stereocenters. The van der Waals surface area contributed by atoms with Crippen molar-refractivity contribution in [2.24, 2.45) is 11.3 Å². The number of ketones is 2. The van der Waals surface area contributed by atoms with Gasteiger partial charge >= 0.3 is 0 Å². The van der Waals surface area contributed by atoms with E-state index in [-0.39, 0.29) is 17.5 Å². The summed E-state index contributed by atoms with van der Waals surface area (Å²) in [5.74, 6) is -1.43. The first-order valence-corrected chi connectivity index (χ1v) is 14.1. The second kappa shape index (κ2) is 8.75. The minimum atomic E-state index is -1.28. The number of halogens is 1. The Kier molecular flexibility index (Phi) is 5.78. The number of benzene rings is 3. The highest BCUT2D eigenvalue weighted by atomic mass is 79.9. The molecule has 1 spiro atoms. The molecular weight excluding hydrogens is 552 g/mol. The van der Waals surface area contributed by atoms with Crippen molar-refractivity contribution in [2.75, 3.05) is 10.2 Å². The number of allylic oxidation sites excluding steroid dienone is 1. The van der Waals surface area contributed by atoms with Crippen LogP contribution in [0.1, 0.15) is 54.7 Å². The Balaban J connectivity index is 1.70. The number of anilines is 2. The van der Waals surface area contributed by atoms with Gasteiger partial charge in [0.2, 0.25) is 5.91 Å². The summed E-state index contributed by atoms with van der Waals surface area (Å²) in [4.78, 5) is 45.6. The lowest BCUT2D eigenvalue weighted by Gasteiger charge is -2.40. The first-order valence-electron chi connectivity index (χ1n) is 13.3. The third-order valence-electron chi connectivity index (χ3n) is 8.55. The van der Waals surface area contributed by atoms with E-state index in [4.69, 9.17) is 0 Å². The molecule has 0 unspecified atom stereocenters. The number of hydrogen-bond acceptors (Lipinski definition) is 4. The van der Waals surface area contributed by atoms with Crippen molar-refractivity contribution < 1.29 is 14.4 Å². The molecule has 0 radical (unpaired) electrons. The van der Waals surface area contributed by atoms with Gasteiger partial charge in [0, 0.05) is 32.4 Å². The molecule has 5 nitrogen and oxygen atoms in total. The first-order chi connectivity index (χ1) is 18.5. The molecule has 3 aromatic rings. The molecule has 6 heteroatoms. The predicted octanol–water partition coefficient (Wildman–Crippen LogP) is 6.74. The van der Waals surface area contributed by atoms with E-state index in [0.29, 0.717) is 11.3 Å².